The van der Waals surface area contributed by atoms with Crippen LogP contribution in [0.25, 0.3) is 0 Å². The van der Waals surface area contributed by atoms with Crippen molar-refractivity contribution < 1.29 is 62.7 Å². The summed E-state index contributed by atoms with van der Waals surface area (Å²) in [7, 11) is 3.46. The number of piperidine rings is 1. The summed E-state index contributed by atoms with van der Waals surface area (Å²) in [6, 6.07) is 4.55. The Labute approximate surface area is 488 Å². The normalized spacial score (nSPS) is 16.0. The molecule has 20 nitrogen and oxygen atoms in total. The predicted molar refractivity (Wildman–Crippen MR) is 316 cm³/mol. The zero-order valence-corrected chi connectivity index (χ0v) is 50.0. The van der Waals surface area contributed by atoms with E-state index in [2.05, 4.69) is 38.0 Å². The molecule has 6 atom stereocenters. The number of hydrogen-bond donors (Lipinski definition) is 5. The average molecular weight is 1160 g/mol. The van der Waals surface area contributed by atoms with Gasteiger partial charge in [-0.2, -0.15) is 0 Å². The number of alkyl carbamates (subject to hydrolysis) is 1. The van der Waals surface area contributed by atoms with Crippen LogP contribution in [0, 0.1) is 23.7 Å². The van der Waals surface area contributed by atoms with Gasteiger partial charge < -0.3 is 59.6 Å². The largest absolute Gasteiger partial charge is 0.508 e. The van der Waals surface area contributed by atoms with Gasteiger partial charge in [-0.05, 0) is 80.3 Å². The molecular weight excluding hydrogens is 1070 g/mol. The molecule has 4 rings (SSSR count). The van der Waals surface area contributed by atoms with E-state index in [1.165, 1.54) is 19.1 Å². The number of nitrogens with one attached hydrogen (secondary N) is 3. The molecule has 21 heteroatoms. The van der Waals surface area contributed by atoms with Crippen LogP contribution in [0.5, 0.6) is 5.75 Å². The number of aromatic hydroxyl groups is 1. The second-order valence-electron chi connectivity index (χ2n) is 21.1. The number of amides is 4. The van der Waals surface area contributed by atoms with Crippen molar-refractivity contribution >= 4 is 47.1 Å². The maximum Gasteiger partial charge on any atom is 0.407 e. The van der Waals surface area contributed by atoms with Gasteiger partial charge in [-0.3, -0.25) is 28.9 Å². The number of phenolic OH excluding ortho intramolecular Hbond substituents is 1. The van der Waals surface area contributed by atoms with E-state index in [1.54, 1.807) is 48.3 Å². The molecule has 1 aliphatic heterocycles. The van der Waals surface area contributed by atoms with E-state index < -0.39 is 54.1 Å². The quantitative estimate of drug-likeness (QED) is 0.0338. The van der Waals surface area contributed by atoms with E-state index in [-0.39, 0.29) is 54.5 Å². The number of allylic oxidation sites excluding steroid dienone is 11. The predicted octanol–water partition coefficient (Wildman–Crippen LogP) is 7.41. The highest BCUT2D eigenvalue weighted by Gasteiger charge is 2.36. The van der Waals surface area contributed by atoms with E-state index in [0.717, 1.165) is 48.5 Å². The number of aromatic nitrogens is 1. The number of benzene rings is 1. The summed E-state index contributed by atoms with van der Waals surface area (Å²) in [5.74, 6) is -3.45. The molecule has 1 saturated heterocycles. The molecule has 2 heterocycles. The van der Waals surface area contributed by atoms with E-state index in [9.17, 15) is 39.0 Å². The van der Waals surface area contributed by atoms with E-state index >= 15 is 0 Å². The van der Waals surface area contributed by atoms with Crippen molar-refractivity contribution in [3.05, 3.63) is 118 Å². The zero-order valence-electron chi connectivity index (χ0n) is 49.2. The van der Waals surface area contributed by atoms with Gasteiger partial charge in [0.25, 0.3) is 5.91 Å². The Kier molecular flexibility index (Phi) is 31.0. The van der Waals surface area contributed by atoms with E-state index in [0.29, 0.717) is 83.1 Å². The number of likely N-dealkylation sites (N-methyl/N-ethyl adjacent to an activating group) is 2. The van der Waals surface area contributed by atoms with Crippen LogP contribution in [0.3, 0.4) is 0 Å². The van der Waals surface area contributed by atoms with Crippen LogP contribution in [0.15, 0.2) is 102 Å². The first-order valence-corrected chi connectivity index (χ1v) is 29.4. The average Bonchev–Trinajstić information content (AvgIpc) is 4.02. The first kappa shape index (κ1) is 67.9. The molecule has 0 radical (unpaired) electrons. The smallest absolute Gasteiger partial charge is 0.407 e. The Morgan fingerprint density at radius 3 is 2.06 bits per heavy atom. The van der Waals surface area contributed by atoms with Crippen LogP contribution < -0.4 is 16.0 Å². The van der Waals surface area contributed by atoms with E-state index in [4.69, 9.17) is 23.7 Å². The van der Waals surface area contributed by atoms with Crippen LogP contribution in [0.2, 0.25) is 0 Å². The summed E-state index contributed by atoms with van der Waals surface area (Å²) in [5.41, 5.74) is 2.00. The standard InChI is InChI=1S/C61H89N7O13S/c1-9-44(4)56(59(73)67(8)53(43(2)3)39-54(81-46(6)69)58-64-52(42-82-58)57(72)63-49(37-45(5)60(74)75)38-47-21-23-51(70)24-22-47)65-55(71)40-66(7)30-32-78-34-36-79-35-33-77-31-27-62-61(76)80-41-48-25-28-68(29-26-48)50-19-17-15-13-11-10-12-14-16-18-20-50/h10-24,42-45,48-49,53-54,56,70H,9,25-41H2,1-8H3,(H,62,76)(H,63,72)(H,65,71)(H,74,75). The SMILES string of the molecule is CCC(C)C(NC(=O)CN(C)CCOCCOCCOCCNC(=O)OCC1CCN(C2=CC=CC=CC=CC=CC=C2)CC1)C(=O)N(C)C(CC(OC(C)=O)c1nc(C(=O)NC(Cc2ccc(O)cc2)CC(C)C(=O)O)cs1)C(C)C. The van der Waals surface area contributed by atoms with Crippen LogP contribution >= 0.6 is 11.3 Å². The molecule has 0 saturated carbocycles. The van der Waals surface area contributed by atoms with Crippen LogP contribution in [-0.2, 0) is 49.3 Å². The summed E-state index contributed by atoms with van der Waals surface area (Å²) >= 11 is 1.13. The lowest BCUT2D eigenvalue weighted by Crippen LogP contribution is -2.55. The highest BCUT2D eigenvalue weighted by molar-refractivity contribution is 7.09. The number of likely N-dealkylation sites (tertiary alicyclic amines) is 1. The lowest BCUT2D eigenvalue weighted by Gasteiger charge is -2.37. The molecule has 1 aliphatic carbocycles. The number of carboxylic acids is 1. The van der Waals surface area contributed by atoms with Crippen molar-refractivity contribution in [2.75, 3.05) is 93.1 Å². The fourth-order valence-corrected chi connectivity index (χ4v) is 10.00. The number of nitrogens with zero attached hydrogens (tertiary/aromatic N) is 4. The van der Waals surface area contributed by atoms with Crippen molar-refractivity contribution in [3.63, 3.8) is 0 Å². The lowest BCUT2D eigenvalue weighted by molar-refractivity contribution is -0.149. The maximum absolute atomic E-state index is 14.4. The van der Waals surface area contributed by atoms with Gasteiger partial charge in [0.15, 0.2) is 6.10 Å². The van der Waals surface area contributed by atoms with Crippen molar-refractivity contribution in [1.29, 1.82) is 0 Å². The van der Waals surface area contributed by atoms with Crippen molar-refractivity contribution in [1.82, 2.24) is 35.6 Å². The van der Waals surface area contributed by atoms with Gasteiger partial charge >= 0.3 is 18.0 Å². The van der Waals surface area contributed by atoms with Gasteiger partial charge in [0.2, 0.25) is 11.8 Å². The number of carbonyl (C=O) groups is 6. The lowest BCUT2D eigenvalue weighted by atomic mass is 9.93. The summed E-state index contributed by atoms with van der Waals surface area (Å²) in [4.78, 5) is 88.4. The second-order valence-corrected chi connectivity index (χ2v) is 22.0. The van der Waals surface area contributed by atoms with Crippen molar-refractivity contribution in [2.24, 2.45) is 23.7 Å². The molecule has 1 fully saturated rings. The van der Waals surface area contributed by atoms with Gasteiger partial charge in [0.05, 0.1) is 58.7 Å². The zero-order chi connectivity index (χ0) is 59.8. The number of aliphatic carboxylic acids is 1. The summed E-state index contributed by atoms with van der Waals surface area (Å²) < 4.78 is 28.2. The van der Waals surface area contributed by atoms with Crippen LogP contribution in [0.4, 0.5) is 4.79 Å². The Balaban J connectivity index is 1.13. The van der Waals surface area contributed by atoms with Gasteiger partial charge in [0.1, 0.15) is 22.5 Å². The third kappa shape index (κ3) is 25.6. The number of phenols is 1. The Morgan fingerprint density at radius 1 is 0.817 bits per heavy atom. The second kappa shape index (κ2) is 37.5. The molecule has 82 heavy (non-hydrogen) atoms. The van der Waals surface area contributed by atoms with Gasteiger partial charge in [-0.1, -0.05) is 108 Å². The van der Waals surface area contributed by atoms with Crippen LogP contribution in [-0.4, -0.2) is 177 Å². The number of esters is 1. The molecular formula is C61H89N7O13S. The fourth-order valence-electron chi connectivity index (χ4n) is 9.16. The summed E-state index contributed by atoms with van der Waals surface area (Å²) in [6.07, 6.45) is 24.0. The minimum atomic E-state index is -1.00. The maximum atomic E-state index is 14.4. The third-order valence-corrected chi connectivity index (χ3v) is 15.1. The molecule has 0 bridgehead atoms. The summed E-state index contributed by atoms with van der Waals surface area (Å²) in [6.45, 7) is 15.6. The minimum Gasteiger partial charge on any atom is -0.508 e. The number of hydrogen-bond acceptors (Lipinski definition) is 16. The van der Waals surface area contributed by atoms with Crippen molar-refractivity contribution in [2.45, 2.75) is 104 Å². The molecule has 2 aromatic rings. The molecule has 1 aromatic carbocycles. The van der Waals surface area contributed by atoms with Crippen LogP contribution in [0.1, 0.15) is 101 Å². The molecule has 4 amide bonds. The summed E-state index contributed by atoms with van der Waals surface area (Å²) in [5, 5.41) is 29.9. The molecule has 0 spiro atoms. The third-order valence-electron chi connectivity index (χ3n) is 14.2. The monoisotopic (exact) mass is 1160 g/mol. The number of rotatable bonds is 34. The molecule has 6 unspecified atom stereocenters. The highest BCUT2D eigenvalue weighted by atomic mass is 32.1. The molecule has 2 aliphatic rings. The fraction of sp³-hybridized carbons (Fsp3) is 0.557. The van der Waals surface area contributed by atoms with Crippen molar-refractivity contribution in [3.8, 4) is 5.75 Å². The molecule has 1 aromatic heterocycles. The molecule has 452 valence electrons. The highest BCUT2D eigenvalue weighted by Crippen LogP contribution is 2.31. The Hall–Kier alpha value is -6.65. The number of ether oxygens (including phenoxy) is 5. The Bertz CT molecular complexity index is 2480. The number of thiazole rings is 1. The minimum absolute atomic E-state index is 0.0240. The molecule has 5 N–H and O–H groups in total. The topological polar surface area (TPSA) is 248 Å². The van der Waals surface area contributed by atoms with Gasteiger partial charge in [-0.25, -0.2) is 9.78 Å². The van der Waals surface area contributed by atoms with Gasteiger partial charge in [0, 0.05) is 69.7 Å². The van der Waals surface area contributed by atoms with Gasteiger partial charge in [-0.15, -0.1) is 11.3 Å². The first-order chi connectivity index (χ1) is 39.3. The first-order valence-electron chi connectivity index (χ1n) is 28.5. The van der Waals surface area contributed by atoms with E-state index in [1.807, 2.05) is 82.4 Å². The number of carboxylic acid groups (broad SMARTS) is 1. The number of carbonyl (C=O) groups excluding carboxylic acids is 5. The Morgan fingerprint density at radius 2 is 1.44 bits per heavy atom.